The van der Waals surface area contributed by atoms with Crippen LogP contribution in [0.5, 0.6) is 0 Å². The molecule has 0 saturated carbocycles. The second-order valence-corrected chi connectivity index (χ2v) is 5.11. The van der Waals surface area contributed by atoms with Gasteiger partial charge in [-0.15, -0.1) is 11.3 Å². The van der Waals surface area contributed by atoms with Crippen molar-refractivity contribution in [1.82, 2.24) is 15.6 Å². The Hall–Kier alpha value is -2.41. The second-order valence-electron chi connectivity index (χ2n) is 4.17. The zero-order valence-corrected chi connectivity index (χ0v) is 11.4. The van der Waals surface area contributed by atoms with E-state index in [9.17, 15) is 4.79 Å². The Kier molecular flexibility index (Phi) is 3.34. The van der Waals surface area contributed by atoms with Crippen LogP contribution in [-0.4, -0.2) is 16.2 Å². The number of nitrogens with zero attached hydrogens (tertiary/aromatic N) is 2. The molecule has 0 aliphatic heterocycles. The molecule has 0 atom stereocenters. The van der Waals surface area contributed by atoms with Gasteiger partial charge in [0.05, 0.1) is 11.4 Å². The Morgan fingerprint density at radius 2 is 2.25 bits per heavy atom. The first-order valence-corrected chi connectivity index (χ1v) is 6.81. The summed E-state index contributed by atoms with van der Waals surface area (Å²) in [5.41, 5.74) is 0.909. The molecule has 3 aromatic rings. The van der Waals surface area contributed by atoms with Gasteiger partial charge in [0.2, 0.25) is 0 Å². The summed E-state index contributed by atoms with van der Waals surface area (Å²) in [6.07, 6.45) is 0. The highest BCUT2D eigenvalue weighted by Gasteiger charge is 2.12. The van der Waals surface area contributed by atoms with Gasteiger partial charge < -0.3 is 14.4 Å². The first kappa shape index (κ1) is 12.6. The van der Waals surface area contributed by atoms with Crippen LogP contribution in [0, 0.1) is 6.92 Å². The third kappa shape index (κ3) is 2.62. The van der Waals surface area contributed by atoms with Crippen molar-refractivity contribution in [2.24, 2.45) is 0 Å². The van der Waals surface area contributed by atoms with Gasteiger partial charge in [0.15, 0.2) is 11.5 Å². The van der Waals surface area contributed by atoms with Crippen LogP contribution in [0.25, 0.3) is 10.6 Å². The quantitative estimate of drug-likeness (QED) is 0.798. The number of nitrogens with one attached hydrogen (secondary N) is 1. The predicted octanol–water partition coefficient (Wildman–Crippen LogP) is 2.63. The highest BCUT2D eigenvalue weighted by Crippen LogP contribution is 2.24. The number of carbonyl (C=O) groups excluding carboxylic acids is 1. The number of amides is 1. The fraction of sp³-hybridized carbons (Fsp3) is 0.154. The van der Waals surface area contributed by atoms with Crippen LogP contribution in [-0.2, 0) is 6.54 Å². The normalized spacial score (nSPS) is 10.7. The van der Waals surface area contributed by atoms with Crippen LogP contribution < -0.4 is 5.32 Å². The van der Waals surface area contributed by atoms with E-state index >= 15 is 0 Å². The SMILES string of the molecule is Cc1cc(C(=O)NCc2cc(-c3cccs3)on2)no1. The lowest BCUT2D eigenvalue weighted by molar-refractivity contribution is 0.0941. The summed E-state index contributed by atoms with van der Waals surface area (Å²) in [6.45, 7) is 2.01. The van der Waals surface area contributed by atoms with Crippen molar-refractivity contribution in [2.45, 2.75) is 13.5 Å². The molecule has 0 saturated heterocycles. The van der Waals surface area contributed by atoms with Gasteiger partial charge in [-0.25, -0.2) is 0 Å². The van der Waals surface area contributed by atoms with Crippen LogP contribution >= 0.6 is 11.3 Å². The predicted molar refractivity (Wildman–Crippen MR) is 72.2 cm³/mol. The van der Waals surface area contributed by atoms with Gasteiger partial charge >= 0.3 is 0 Å². The molecule has 1 amide bonds. The average molecular weight is 289 g/mol. The van der Waals surface area contributed by atoms with E-state index < -0.39 is 0 Å². The Morgan fingerprint density at radius 3 is 2.95 bits per heavy atom. The average Bonchev–Trinajstić information content (AvgIpc) is 3.16. The van der Waals surface area contributed by atoms with Gasteiger partial charge in [-0.2, -0.15) is 0 Å². The lowest BCUT2D eigenvalue weighted by Crippen LogP contribution is -2.23. The third-order valence-electron chi connectivity index (χ3n) is 2.61. The largest absolute Gasteiger partial charge is 0.361 e. The van der Waals surface area contributed by atoms with Crippen molar-refractivity contribution < 1.29 is 13.8 Å². The molecule has 3 heterocycles. The maximum Gasteiger partial charge on any atom is 0.273 e. The zero-order chi connectivity index (χ0) is 13.9. The van der Waals surface area contributed by atoms with Crippen LogP contribution in [0.2, 0.25) is 0 Å². The van der Waals surface area contributed by atoms with E-state index in [2.05, 4.69) is 15.6 Å². The summed E-state index contributed by atoms with van der Waals surface area (Å²) >= 11 is 1.57. The molecule has 3 aromatic heterocycles. The second kappa shape index (κ2) is 5.30. The van der Waals surface area contributed by atoms with Gasteiger partial charge in [0.25, 0.3) is 5.91 Å². The van der Waals surface area contributed by atoms with Gasteiger partial charge in [-0.05, 0) is 18.4 Å². The maximum atomic E-state index is 11.8. The fourth-order valence-electron chi connectivity index (χ4n) is 1.66. The summed E-state index contributed by atoms with van der Waals surface area (Å²) in [7, 11) is 0. The van der Waals surface area contributed by atoms with Crippen molar-refractivity contribution in [3.05, 3.63) is 46.8 Å². The molecule has 0 aliphatic carbocycles. The molecule has 0 radical (unpaired) electrons. The monoisotopic (exact) mass is 289 g/mol. The summed E-state index contributed by atoms with van der Waals surface area (Å²) in [4.78, 5) is 12.8. The molecule has 7 heteroatoms. The summed E-state index contributed by atoms with van der Waals surface area (Å²) in [5.74, 6) is 0.987. The number of rotatable bonds is 4. The molecule has 0 fully saturated rings. The van der Waals surface area contributed by atoms with Crippen molar-refractivity contribution in [1.29, 1.82) is 0 Å². The molecule has 0 bridgehead atoms. The number of thiophene rings is 1. The van der Waals surface area contributed by atoms with Crippen molar-refractivity contribution in [2.75, 3.05) is 0 Å². The summed E-state index contributed by atoms with van der Waals surface area (Å²) in [5, 5.41) is 12.2. The van der Waals surface area contributed by atoms with Gasteiger partial charge in [0, 0.05) is 12.1 Å². The van der Waals surface area contributed by atoms with E-state index in [1.54, 1.807) is 30.4 Å². The highest BCUT2D eigenvalue weighted by atomic mass is 32.1. The first-order chi connectivity index (χ1) is 9.72. The minimum Gasteiger partial charge on any atom is -0.361 e. The van der Waals surface area contributed by atoms with E-state index in [0.29, 0.717) is 17.2 Å². The lowest BCUT2D eigenvalue weighted by Gasteiger charge is -1.97. The van der Waals surface area contributed by atoms with Crippen LogP contribution in [0.4, 0.5) is 0 Å². The Morgan fingerprint density at radius 1 is 1.35 bits per heavy atom. The fourth-order valence-corrected chi connectivity index (χ4v) is 2.34. The Balaban J connectivity index is 1.63. The smallest absolute Gasteiger partial charge is 0.273 e. The van der Waals surface area contributed by atoms with Crippen molar-refractivity contribution in [3.8, 4) is 10.6 Å². The topological polar surface area (TPSA) is 81.2 Å². The highest BCUT2D eigenvalue weighted by molar-refractivity contribution is 7.13. The van der Waals surface area contributed by atoms with Crippen LogP contribution in [0.3, 0.4) is 0 Å². The van der Waals surface area contributed by atoms with E-state index in [-0.39, 0.29) is 18.1 Å². The number of hydrogen-bond acceptors (Lipinski definition) is 6. The Bertz CT molecular complexity index is 715. The van der Waals surface area contributed by atoms with E-state index in [4.69, 9.17) is 9.05 Å². The minimum atomic E-state index is -0.303. The van der Waals surface area contributed by atoms with Crippen molar-refractivity contribution >= 4 is 17.2 Å². The molecule has 1 N–H and O–H groups in total. The number of aryl methyl sites for hydroxylation is 1. The van der Waals surface area contributed by atoms with E-state index in [1.165, 1.54) is 0 Å². The first-order valence-electron chi connectivity index (χ1n) is 5.93. The summed E-state index contributed by atoms with van der Waals surface area (Å²) in [6, 6.07) is 7.28. The van der Waals surface area contributed by atoms with E-state index in [1.807, 2.05) is 17.5 Å². The maximum absolute atomic E-state index is 11.8. The molecule has 0 spiro atoms. The molecule has 0 unspecified atom stereocenters. The van der Waals surface area contributed by atoms with Crippen LogP contribution in [0.1, 0.15) is 21.9 Å². The molecular formula is C13H11N3O3S. The molecular weight excluding hydrogens is 278 g/mol. The van der Waals surface area contributed by atoms with Crippen molar-refractivity contribution in [3.63, 3.8) is 0 Å². The van der Waals surface area contributed by atoms with E-state index in [0.717, 1.165) is 4.88 Å². The number of carbonyl (C=O) groups is 1. The zero-order valence-electron chi connectivity index (χ0n) is 10.6. The summed E-state index contributed by atoms with van der Waals surface area (Å²) < 4.78 is 10.1. The van der Waals surface area contributed by atoms with Gasteiger partial charge in [0.1, 0.15) is 11.5 Å². The standard InChI is InChI=1S/C13H11N3O3S/c1-8-5-10(16-18-8)13(17)14-7-9-6-11(19-15-9)12-3-2-4-20-12/h2-6H,7H2,1H3,(H,14,17). The molecule has 0 aromatic carbocycles. The van der Waals surface area contributed by atoms with Gasteiger partial charge in [-0.1, -0.05) is 16.4 Å². The molecule has 102 valence electrons. The molecule has 20 heavy (non-hydrogen) atoms. The van der Waals surface area contributed by atoms with Gasteiger partial charge in [-0.3, -0.25) is 4.79 Å². The minimum absolute atomic E-state index is 0.254. The molecule has 3 rings (SSSR count). The van der Waals surface area contributed by atoms with Crippen LogP contribution in [0.15, 0.2) is 38.7 Å². The molecule has 6 nitrogen and oxygen atoms in total. The lowest BCUT2D eigenvalue weighted by atomic mass is 10.3. The number of aromatic nitrogens is 2. The molecule has 0 aliphatic rings. The number of hydrogen-bond donors (Lipinski definition) is 1. The Labute approximate surface area is 118 Å². The third-order valence-corrected chi connectivity index (χ3v) is 3.50.